The van der Waals surface area contributed by atoms with Gasteiger partial charge in [0.15, 0.2) is 0 Å². The Bertz CT molecular complexity index is 1540. The van der Waals surface area contributed by atoms with Gasteiger partial charge in [-0.3, -0.25) is 9.69 Å². The van der Waals surface area contributed by atoms with Crippen LogP contribution in [0.3, 0.4) is 0 Å². The van der Waals surface area contributed by atoms with Gasteiger partial charge in [-0.25, -0.2) is 4.79 Å². The van der Waals surface area contributed by atoms with Crippen LogP contribution in [0.1, 0.15) is 113 Å². The summed E-state index contributed by atoms with van der Waals surface area (Å²) in [7, 11) is -0.607. The highest BCUT2D eigenvalue weighted by Crippen LogP contribution is 2.65. The lowest BCUT2D eigenvalue weighted by molar-refractivity contribution is -0.199. The molecule has 11 heteroatoms. The van der Waals surface area contributed by atoms with Crippen molar-refractivity contribution in [2.45, 2.75) is 155 Å². The standard InChI is InChI=1S/C43H67BN4O6/c1-11-43(18-17-29(3)48(43)38(49)34(25-45)31(5)28(2)24-40(6,7)47-19-20-51-30(4)26-47)27-52-39(50)46-37(21-32-15-13-12-14-16-32)44-53-36-23-33-22-35(41(33,8)9)42(36,10)54-44/h12-16,28-31,33-37H,11,17-24,26-27H2,1-10H3,(H,46,50)/t28?,29?,30?,31?,33?,34?,35?,36?,37?,42-,43?/m0/s1. The van der Waals surface area contributed by atoms with Crippen molar-refractivity contribution in [3.8, 4) is 6.07 Å². The zero-order chi connectivity index (χ0) is 39.2. The Morgan fingerprint density at radius 2 is 1.87 bits per heavy atom. The van der Waals surface area contributed by atoms with Crippen molar-refractivity contribution in [2.24, 2.45) is 35.0 Å². The molecule has 0 spiro atoms. The van der Waals surface area contributed by atoms with Crippen LogP contribution in [0.15, 0.2) is 30.3 Å². The van der Waals surface area contributed by atoms with Crippen LogP contribution in [-0.2, 0) is 30.0 Å². The molecule has 10 unspecified atom stereocenters. The van der Waals surface area contributed by atoms with Crippen LogP contribution in [0, 0.1) is 46.3 Å². The Hall–Kier alpha value is -2.65. The van der Waals surface area contributed by atoms with Gasteiger partial charge < -0.3 is 29.0 Å². The van der Waals surface area contributed by atoms with E-state index in [0.717, 1.165) is 50.9 Å². The van der Waals surface area contributed by atoms with Gasteiger partial charge in [-0.1, -0.05) is 65.0 Å². The number of amides is 2. The predicted octanol–water partition coefficient (Wildman–Crippen LogP) is 7.05. The maximum absolute atomic E-state index is 14.5. The fourth-order valence-electron chi connectivity index (χ4n) is 11.1. The number of carbonyl (C=O) groups excluding carboxylic acids is 2. The highest BCUT2D eigenvalue weighted by molar-refractivity contribution is 6.47. The van der Waals surface area contributed by atoms with Crippen molar-refractivity contribution in [1.29, 1.82) is 5.26 Å². The summed E-state index contributed by atoms with van der Waals surface area (Å²) in [6, 6.07) is 12.4. The smallest absolute Gasteiger partial charge is 0.447 e. The van der Waals surface area contributed by atoms with Crippen molar-refractivity contribution < 1.29 is 28.4 Å². The number of nitrogens with one attached hydrogen (secondary N) is 1. The number of nitriles is 1. The predicted molar refractivity (Wildman–Crippen MR) is 210 cm³/mol. The summed E-state index contributed by atoms with van der Waals surface area (Å²) in [5.41, 5.74) is 0.0852. The largest absolute Gasteiger partial charge is 0.482 e. The minimum absolute atomic E-state index is 0.00870. The van der Waals surface area contributed by atoms with Gasteiger partial charge >= 0.3 is 13.2 Å². The number of hydrogen-bond donors (Lipinski definition) is 1. The number of hydrogen-bond acceptors (Lipinski definition) is 8. The Morgan fingerprint density at radius 1 is 1.15 bits per heavy atom. The van der Waals surface area contributed by atoms with Crippen molar-refractivity contribution >= 4 is 19.1 Å². The van der Waals surface area contributed by atoms with Crippen molar-refractivity contribution in [1.82, 2.24) is 15.1 Å². The molecule has 54 heavy (non-hydrogen) atoms. The number of morpholine rings is 1. The fourth-order valence-corrected chi connectivity index (χ4v) is 11.1. The van der Waals surface area contributed by atoms with Gasteiger partial charge in [0.05, 0.1) is 42.0 Å². The summed E-state index contributed by atoms with van der Waals surface area (Å²) >= 11 is 0. The molecule has 6 fully saturated rings. The SMILES string of the molecule is CCC1(COC(=O)NC(Cc2ccccc2)B2OC3CC4CC(C4(C)C)[C@]3(C)O2)CCC(C)N1C(=O)C(C#N)C(C)C(C)CC(C)(C)N1CCOC(C)C1. The van der Waals surface area contributed by atoms with Crippen molar-refractivity contribution in [3.63, 3.8) is 0 Å². The van der Waals surface area contributed by atoms with E-state index in [0.29, 0.717) is 31.1 Å². The Balaban J connectivity index is 1.13. The van der Waals surface area contributed by atoms with Gasteiger partial charge in [0.25, 0.3) is 0 Å². The zero-order valence-corrected chi connectivity index (χ0v) is 34.7. The maximum Gasteiger partial charge on any atom is 0.482 e. The molecule has 3 aliphatic carbocycles. The number of ether oxygens (including phenoxy) is 2. The minimum Gasteiger partial charge on any atom is -0.447 e. The minimum atomic E-state index is -0.799. The van der Waals surface area contributed by atoms with E-state index in [1.165, 1.54) is 0 Å². The molecular formula is C43H67BN4O6. The van der Waals surface area contributed by atoms with Crippen LogP contribution in [0.25, 0.3) is 0 Å². The van der Waals surface area contributed by atoms with Crippen LogP contribution in [0.2, 0.25) is 0 Å². The highest BCUT2D eigenvalue weighted by atomic mass is 16.7. The molecule has 1 aromatic rings. The van der Waals surface area contributed by atoms with Gasteiger partial charge in [-0.2, -0.15) is 5.26 Å². The first kappa shape index (κ1) is 41.0. The number of carbonyl (C=O) groups is 2. The first-order valence-electron chi connectivity index (χ1n) is 20.9. The molecule has 2 amide bonds. The number of likely N-dealkylation sites (tertiary alicyclic amines) is 1. The lowest BCUT2D eigenvalue weighted by atomic mass is 9.43. The molecule has 2 bridgehead atoms. The van der Waals surface area contributed by atoms with Crippen molar-refractivity contribution in [3.05, 3.63) is 35.9 Å². The maximum atomic E-state index is 14.5. The first-order chi connectivity index (χ1) is 25.5. The van der Waals surface area contributed by atoms with E-state index in [4.69, 9.17) is 18.8 Å². The van der Waals surface area contributed by atoms with Crippen LogP contribution >= 0.6 is 0 Å². The topological polar surface area (TPSA) is 113 Å². The van der Waals surface area contributed by atoms with Gasteiger partial charge in [-0.05, 0) is 114 Å². The van der Waals surface area contributed by atoms with E-state index in [2.05, 4.69) is 83.8 Å². The van der Waals surface area contributed by atoms with E-state index < -0.39 is 36.2 Å². The Morgan fingerprint density at radius 3 is 2.52 bits per heavy atom. The number of alkyl carbamates (subject to hydrolysis) is 1. The first-order valence-corrected chi connectivity index (χ1v) is 20.9. The lowest BCUT2D eigenvalue weighted by Crippen LogP contribution is -2.65. The van der Waals surface area contributed by atoms with Gasteiger partial charge in [0, 0.05) is 24.7 Å². The highest BCUT2D eigenvalue weighted by Gasteiger charge is 2.68. The molecule has 0 aromatic heterocycles. The van der Waals surface area contributed by atoms with Crippen LogP contribution < -0.4 is 5.32 Å². The van der Waals surface area contributed by atoms with Gasteiger partial charge in [0.1, 0.15) is 12.5 Å². The second kappa shape index (κ2) is 15.7. The summed E-state index contributed by atoms with van der Waals surface area (Å²) < 4.78 is 25.3. The summed E-state index contributed by atoms with van der Waals surface area (Å²) in [6.45, 7) is 24.4. The molecule has 1 aromatic carbocycles. The summed E-state index contributed by atoms with van der Waals surface area (Å²) in [5.74, 6) is -0.411. The molecule has 3 heterocycles. The third-order valence-corrected chi connectivity index (χ3v) is 15.0. The number of rotatable bonds is 13. The van der Waals surface area contributed by atoms with E-state index in [1.807, 2.05) is 36.9 Å². The van der Waals surface area contributed by atoms with Crippen molar-refractivity contribution in [2.75, 3.05) is 26.3 Å². The Kier molecular flexibility index (Phi) is 11.9. The van der Waals surface area contributed by atoms with Crippen LogP contribution in [-0.4, -0.2) is 96.1 Å². The van der Waals surface area contributed by atoms with Crippen LogP contribution in [0.4, 0.5) is 4.79 Å². The van der Waals surface area contributed by atoms with Crippen LogP contribution in [0.5, 0.6) is 0 Å². The second-order valence-corrected chi connectivity index (χ2v) is 19.1. The van der Waals surface area contributed by atoms with E-state index in [1.54, 1.807) is 0 Å². The molecule has 3 aliphatic heterocycles. The number of nitrogens with zero attached hydrogens (tertiary/aromatic N) is 3. The molecule has 3 saturated heterocycles. The lowest BCUT2D eigenvalue weighted by Gasteiger charge is -2.64. The molecule has 11 atom stereocenters. The average molecular weight is 747 g/mol. The molecule has 1 N–H and O–H groups in total. The third kappa shape index (κ3) is 7.71. The summed E-state index contributed by atoms with van der Waals surface area (Å²) in [6.07, 6.45) is 5.24. The number of benzene rings is 1. The second-order valence-electron chi connectivity index (χ2n) is 19.1. The van der Waals surface area contributed by atoms with Gasteiger partial charge in [-0.15, -0.1) is 0 Å². The summed E-state index contributed by atoms with van der Waals surface area (Å²) in [4.78, 5) is 32.7. The molecule has 3 saturated carbocycles. The normalized spacial score (nSPS) is 34.2. The quantitative estimate of drug-likeness (QED) is 0.214. The fraction of sp³-hybridized carbons (Fsp3) is 0.791. The monoisotopic (exact) mass is 747 g/mol. The molecular weight excluding hydrogens is 679 g/mol. The average Bonchev–Trinajstić information content (AvgIpc) is 3.67. The Labute approximate surface area is 325 Å². The van der Waals surface area contributed by atoms with E-state index in [-0.39, 0.29) is 53.6 Å². The zero-order valence-electron chi connectivity index (χ0n) is 34.7. The van der Waals surface area contributed by atoms with E-state index >= 15 is 0 Å². The molecule has 6 aliphatic rings. The summed E-state index contributed by atoms with van der Waals surface area (Å²) in [5, 5.41) is 13.7. The third-order valence-electron chi connectivity index (χ3n) is 15.0. The molecule has 7 rings (SSSR count). The molecule has 298 valence electrons. The van der Waals surface area contributed by atoms with E-state index in [9.17, 15) is 14.9 Å². The van der Waals surface area contributed by atoms with Gasteiger partial charge in [0.2, 0.25) is 5.91 Å². The molecule has 0 radical (unpaired) electrons. The molecule has 10 nitrogen and oxygen atoms in total.